The Kier molecular flexibility index (Phi) is 17.7. The van der Waals surface area contributed by atoms with Gasteiger partial charge < -0.3 is 0 Å². The van der Waals surface area contributed by atoms with E-state index >= 15 is 0 Å². The van der Waals surface area contributed by atoms with E-state index in [1.807, 2.05) is 36.4 Å². The first-order chi connectivity index (χ1) is 8.27. The number of benzene rings is 2. The standard InChI is InChI=1S/2C6H5ClO.4ClH.W/c2*7-5-3-1-2-4-6(5)8;;;;;/h2*1-4,8H;4*1H;/q;;;;;;+2/p-2. The molecule has 2 aromatic carbocycles. The Morgan fingerprint density at radius 2 is 0.952 bits per heavy atom. The molecule has 0 aromatic heterocycles. The number of halogens is 6. The third-order valence-electron chi connectivity index (χ3n) is 1.92. The molecule has 0 saturated carbocycles. The van der Waals surface area contributed by atoms with E-state index in [-0.39, 0.29) is 49.6 Å². The molecule has 0 atom stereocenters. The summed E-state index contributed by atoms with van der Waals surface area (Å²) in [5, 5.41) is 1.19. The third-order valence-corrected chi connectivity index (χ3v) is 4.32. The molecule has 0 saturated heterocycles. The van der Waals surface area contributed by atoms with Gasteiger partial charge in [0.05, 0.1) is 0 Å². The first-order valence-electron chi connectivity index (χ1n) is 4.77. The molecule has 0 aliphatic heterocycles. The molecule has 0 aliphatic carbocycles. The van der Waals surface area contributed by atoms with Gasteiger partial charge in [0.1, 0.15) is 0 Å². The first-order valence-corrected chi connectivity index (χ1v) is 7.93. The van der Waals surface area contributed by atoms with Crippen LogP contribution in [0.25, 0.3) is 0 Å². The maximum atomic E-state index is 5.96. The summed E-state index contributed by atoms with van der Waals surface area (Å²) in [7, 11) is 0. The van der Waals surface area contributed by atoms with Crippen molar-refractivity contribution in [3.63, 3.8) is 0 Å². The minimum atomic E-state index is -1.45. The molecule has 21 heavy (non-hydrogen) atoms. The number of rotatable bonds is 4. The molecule has 0 bridgehead atoms. The summed E-state index contributed by atoms with van der Waals surface area (Å²) in [5.74, 6) is 1.32. The van der Waals surface area contributed by atoms with Crippen molar-refractivity contribution in [3.05, 3.63) is 58.6 Å². The Balaban J connectivity index is -0.000000810. The van der Waals surface area contributed by atoms with Crippen molar-refractivity contribution in [3.8, 4) is 11.5 Å². The molecular formula is C12H12Cl6O2W. The monoisotopic (exact) mass is 582 g/mol. The van der Waals surface area contributed by atoms with E-state index in [1.54, 1.807) is 12.1 Å². The van der Waals surface area contributed by atoms with Crippen LogP contribution in [-0.4, -0.2) is 0 Å². The molecule has 0 amide bonds. The summed E-state index contributed by atoms with van der Waals surface area (Å²) in [5.41, 5.74) is 0. The van der Waals surface area contributed by atoms with E-state index in [2.05, 4.69) is 0 Å². The average molecular weight is 585 g/mol. The van der Waals surface area contributed by atoms with Crippen molar-refractivity contribution in [1.82, 2.24) is 0 Å². The van der Waals surface area contributed by atoms with Gasteiger partial charge in [0, 0.05) is 0 Å². The van der Waals surface area contributed by atoms with Crippen molar-refractivity contribution in [2.45, 2.75) is 0 Å². The Labute approximate surface area is 168 Å². The van der Waals surface area contributed by atoms with Crippen LogP contribution in [0.15, 0.2) is 48.5 Å². The van der Waals surface area contributed by atoms with Gasteiger partial charge in [-0.05, 0) is 0 Å². The van der Waals surface area contributed by atoms with Crippen molar-refractivity contribution in [2.75, 3.05) is 0 Å². The zero-order chi connectivity index (χ0) is 12.1. The van der Waals surface area contributed by atoms with Gasteiger partial charge in [0.2, 0.25) is 0 Å². The topological polar surface area (TPSA) is 18.5 Å². The summed E-state index contributed by atoms with van der Waals surface area (Å²) in [6, 6.07) is 14.7. The molecule has 0 heterocycles. The second kappa shape index (κ2) is 14.1. The van der Waals surface area contributed by atoms with E-state index in [0.717, 1.165) is 0 Å². The van der Waals surface area contributed by atoms with Crippen LogP contribution in [0.1, 0.15) is 0 Å². The van der Waals surface area contributed by atoms with Crippen LogP contribution in [0, 0.1) is 0 Å². The van der Waals surface area contributed by atoms with Crippen LogP contribution in [0.5, 0.6) is 11.5 Å². The second-order valence-electron chi connectivity index (χ2n) is 3.10. The minimum absolute atomic E-state index is 0. The molecule has 9 heteroatoms. The fourth-order valence-electron chi connectivity index (χ4n) is 1.11. The van der Waals surface area contributed by atoms with E-state index < -0.39 is 19.3 Å². The van der Waals surface area contributed by atoms with Gasteiger partial charge in [0.15, 0.2) is 0 Å². The summed E-state index contributed by atoms with van der Waals surface area (Å²) in [4.78, 5) is 0. The van der Waals surface area contributed by atoms with Crippen LogP contribution in [0.3, 0.4) is 0 Å². The quantitative estimate of drug-likeness (QED) is 0.436. The Morgan fingerprint density at radius 3 is 1.29 bits per heavy atom. The molecule has 0 N–H and O–H groups in total. The van der Waals surface area contributed by atoms with E-state index in [4.69, 9.17) is 30.0 Å². The molecular weight excluding hydrogens is 573 g/mol. The summed E-state index contributed by atoms with van der Waals surface area (Å²) in [6.07, 6.45) is 0. The third kappa shape index (κ3) is 8.61. The predicted molar refractivity (Wildman–Crippen MR) is 93.2 cm³/mol. The molecule has 2 rings (SSSR count). The SMILES string of the molecule is Cl.Cl.Cl.Cl.Clc1ccccc1[O][W][O]c1ccccc1Cl. The zero-order valence-electron chi connectivity index (χ0n) is 10.2. The van der Waals surface area contributed by atoms with Crippen LogP contribution in [-0.2, 0) is 19.3 Å². The van der Waals surface area contributed by atoms with Crippen molar-refractivity contribution in [2.24, 2.45) is 0 Å². The average Bonchev–Trinajstić information content (AvgIpc) is 2.34. The molecule has 2 nitrogen and oxygen atoms in total. The summed E-state index contributed by atoms with van der Waals surface area (Å²) in [6.45, 7) is 0. The van der Waals surface area contributed by atoms with Crippen molar-refractivity contribution in [1.29, 1.82) is 0 Å². The second-order valence-corrected chi connectivity index (χ2v) is 5.60. The van der Waals surface area contributed by atoms with Crippen molar-refractivity contribution >= 4 is 72.8 Å². The maximum absolute atomic E-state index is 5.96. The first kappa shape index (κ1) is 26.4. The van der Waals surface area contributed by atoms with Crippen LogP contribution >= 0.6 is 72.8 Å². The van der Waals surface area contributed by atoms with Crippen LogP contribution < -0.4 is 6.78 Å². The fourth-order valence-corrected chi connectivity index (χ4v) is 3.52. The van der Waals surface area contributed by atoms with Crippen molar-refractivity contribution < 1.29 is 26.1 Å². The molecule has 2 aromatic rings. The molecule has 0 unspecified atom stereocenters. The number of para-hydroxylation sites is 2. The normalized spacial score (nSPS) is 8.10. The Bertz CT molecular complexity index is 469. The Morgan fingerprint density at radius 1 is 0.619 bits per heavy atom. The van der Waals surface area contributed by atoms with Gasteiger partial charge in [-0.25, -0.2) is 0 Å². The van der Waals surface area contributed by atoms with E-state index in [9.17, 15) is 0 Å². The van der Waals surface area contributed by atoms with Crippen LogP contribution in [0.2, 0.25) is 10.0 Å². The predicted octanol–water partition coefficient (Wildman–Crippen LogP) is 6.05. The number of hydrogen-bond donors (Lipinski definition) is 0. The van der Waals surface area contributed by atoms with E-state index in [0.29, 0.717) is 21.5 Å². The van der Waals surface area contributed by atoms with Gasteiger partial charge in [-0.2, -0.15) is 0 Å². The molecule has 120 valence electrons. The summed E-state index contributed by atoms with van der Waals surface area (Å²) < 4.78 is 11.1. The fraction of sp³-hybridized carbons (Fsp3) is 0. The van der Waals surface area contributed by atoms with Gasteiger partial charge in [0.25, 0.3) is 0 Å². The number of hydrogen-bond acceptors (Lipinski definition) is 2. The van der Waals surface area contributed by atoms with Gasteiger partial charge in [-0.3, -0.25) is 0 Å². The summed E-state index contributed by atoms with van der Waals surface area (Å²) >= 11 is 10.5. The van der Waals surface area contributed by atoms with Gasteiger partial charge in [-0.15, -0.1) is 49.6 Å². The van der Waals surface area contributed by atoms with Gasteiger partial charge >= 0.3 is 119 Å². The molecule has 0 spiro atoms. The molecule has 0 fully saturated rings. The van der Waals surface area contributed by atoms with E-state index in [1.165, 1.54) is 0 Å². The van der Waals surface area contributed by atoms with Crippen LogP contribution in [0.4, 0.5) is 0 Å². The Hall–Kier alpha value is 0.468. The zero-order valence-corrected chi connectivity index (χ0v) is 17.9. The molecule has 0 radical (unpaired) electrons. The molecule has 0 aliphatic rings. The van der Waals surface area contributed by atoms with Gasteiger partial charge in [-0.1, -0.05) is 0 Å².